The number of hydrogen-bond acceptors (Lipinski definition) is 4. The van der Waals surface area contributed by atoms with Gasteiger partial charge in [-0.3, -0.25) is 14.0 Å². The van der Waals surface area contributed by atoms with Crippen LogP contribution >= 0.6 is 11.6 Å². The molecule has 0 aliphatic carbocycles. The number of benzene rings is 2. The number of halogens is 2. The number of piperazine rings is 1. The fraction of sp³-hybridized carbons (Fsp3) is 0.381. The number of sulfonamides is 1. The highest BCUT2D eigenvalue weighted by atomic mass is 35.5. The van der Waals surface area contributed by atoms with E-state index in [-0.39, 0.29) is 17.5 Å². The second kappa shape index (κ2) is 8.53. The first-order valence-corrected chi connectivity index (χ1v) is 11.9. The first-order valence-electron chi connectivity index (χ1n) is 9.89. The minimum atomic E-state index is -3.23. The molecule has 0 N–H and O–H groups in total. The van der Waals surface area contributed by atoms with Crippen molar-refractivity contribution < 1.29 is 17.6 Å². The molecular formula is C21H23ClFN3O3S. The van der Waals surface area contributed by atoms with Crippen molar-refractivity contribution >= 4 is 33.2 Å². The molecule has 2 aliphatic rings. The van der Waals surface area contributed by atoms with E-state index < -0.39 is 10.0 Å². The van der Waals surface area contributed by atoms with Gasteiger partial charge in [0, 0.05) is 49.9 Å². The quantitative estimate of drug-likeness (QED) is 0.717. The van der Waals surface area contributed by atoms with Crippen LogP contribution in [0.25, 0.3) is 0 Å². The molecule has 0 spiro atoms. The monoisotopic (exact) mass is 451 g/mol. The van der Waals surface area contributed by atoms with E-state index in [0.717, 1.165) is 5.56 Å². The molecule has 0 saturated carbocycles. The minimum Gasteiger partial charge on any atom is -0.336 e. The highest BCUT2D eigenvalue weighted by Gasteiger charge is 2.29. The van der Waals surface area contributed by atoms with Gasteiger partial charge in [0.1, 0.15) is 5.82 Å². The van der Waals surface area contributed by atoms with Crippen molar-refractivity contribution in [2.24, 2.45) is 0 Å². The summed E-state index contributed by atoms with van der Waals surface area (Å²) >= 11 is 6.11. The van der Waals surface area contributed by atoms with Crippen molar-refractivity contribution in [2.45, 2.75) is 13.0 Å². The highest BCUT2D eigenvalue weighted by Crippen LogP contribution is 2.25. The zero-order valence-electron chi connectivity index (χ0n) is 16.4. The summed E-state index contributed by atoms with van der Waals surface area (Å²) in [5, 5.41) is 0.411. The van der Waals surface area contributed by atoms with Gasteiger partial charge < -0.3 is 4.90 Å². The average molecular weight is 452 g/mol. The van der Waals surface area contributed by atoms with Crippen LogP contribution < -0.4 is 4.31 Å². The van der Waals surface area contributed by atoms with E-state index in [1.54, 1.807) is 35.2 Å². The summed E-state index contributed by atoms with van der Waals surface area (Å²) < 4.78 is 38.7. The summed E-state index contributed by atoms with van der Waals surface area (Å²) in [5.41, 5.74) is 2.01. The van der Waals surface area contributed by atoms with Gasteiger partial charge in [0.25, 0.3) is 5.91 Å². The summed E-state index contributed by atoms with van der Waals surface area (Å²) in [5.74, 6) is -0.251. The number of hydrogen-bond donors (Lipinski definition) is 0. The van der Waals surface area contributed by atoms with E-state index in [0.29, 0.717) is 62.0 Å². The Labute approximate surface area is 180 Å². The van der Waals surface area contributed by atoms with Crippen molar-refractivity contribution in [3.05, 3.63) is 64.4 Å². The van der Waals surface area contributed by atoms with Gasteiger partial charge in [-0.1, -0.05) is 17.7 Å². The van der Waals surface area contributed by atoms with E-state index in [9.17, 15) is 17.6 Å². The fourth-order valence-electron chi connectivity index (χ4n) is 3.88. The lowest BCUT2D eigenvalue weighted by molar-refractivity contribution is 0.0628. The van der Waals surface area contributed by atoms with Gasteiger partial charge in [-0.15, -0.1) is 0 Å². The molecule has 0 unspecified atom stereocenters. The number of nitrogens with zero attached hydrogens (tertiary/aromatic N) is 3. The van der Waals surface area contributed by atoms with Gasteiger partial charge >= 0.3 is 0 Å². The second-order valence-electron chi connectivity index (χ2n) is 7.59. The Hall–Kier alpha value is -2.16. The molecule has 1 amide bonds. The Morgan fingerprint density at radius 2 is 1.70 bits per heavy atom. The van der Waals surface area contributed by atoms with Crippen LogP contribution in [-0.2, 0) is 16.6 Å². The maximum absolute atomic E-state index is 13.2. The molecule has 2 aromatic rings. The van der Waals surface area contributed by atoms with Crippen LogP contribution in [0.5, 0.6) is 0 Å². The van der Waals surface area contributed by atoms with Crippen LogP contribution in [0, 0.1) is 5.82 Å². The van der Waals surface area contributed by atoms with Crippen molar-refractivity contribution in [3.63, 3.8) is 0 Å². The van der Waals surface area contributed by atoms with Gasteiger partial charge in [-0.2, -0.15) is 0 Å². The van der Waals surface area contributed by atoms with Crippen molar-refractivity contribution in [3.8, 4) is 0 Å². The molecule has 9 heteroatoms. The number of rotatable bonds is 4. The van der Waals surface area contributed by atoms with Crippen LogP contribution in [0.4, 0.5) is 10.1 Å². The van der Waals surface area contributed by atoms with Gasteiger partial charge in [-0.25, -0.2) is 12.8 Å². The Kier molecular flexibility index (Phi) is 5.99. The van der Waals surface area contributed by atoms with E-state index in [1.165, 1.54) is 16.4 Å². The van der Waals surface area contributed by atoms with E-state index in [4.69, 9.17) is 11.6 Å². The molecule has 2 aliphatic heterocycles. The topological polar surface area (TPSA) is 60.9 Å². The molecule has 2 fully saturated rings. The predicted octanol–water partition coefficient (Wildman–Crippen LogP) is 2.98. The third kappa shape index (κ3) is 4.45. The Bertz CT molecular complexity index is 1040. The maximum atomic E-state index is 13.2. The molecule has 2 aromatic carbocycles. The van der Waals surface area contributed by atoms with Crippen LogP contribution in [0.2, 0.25) is 5.02 Å². The first-order chi connectivity index (χ1) is 14.3. The second-order valence-corrected chi connectivity index (χ2v) is 10.0. The normalized spacial score (nSPS) is 19.3. The zero-order chi connectivity index (χ0) is 21.3. The number of anilines is 1. The SMILES string of the molecule is O=C(c1ccc(N2CCCS2(=O)=O)cc1)N1CCN(Cc2ccc(F)cc2Cl)CC1. The molecule has 0 radical (unpaired) electrons. The maximum Gasteiger partial charge on any atom is 0.253 e. The number of carbonyl (C=O) groups is 1. The van der Waals surface area contributed by atoms with Gasteiger partial charge in [-0.05, 0) is 48.4 Å². The molecule has 30 heavy (non-hydrogen) atoms. The summed E-state index contributed by atoms with van der Waals surface area (Å²) in [4.78, 5) is 16.8. The highest BCUT2D eigenvalue weighted by molar-refractivity contribution is 7.93. The first kappa shape index (κ1) is 21.1. The van der Waals surface area contributed by atoms with Crippen molar-refractivity contribution in [1.82, 2.24) is 9.80 Å². The summed E-state index contributed by atoms with van der Waals surface area (Å²) in [7, 11) is -3.23. The smallest absolute Gasteiger partial charge is 0.253 e. The summed E-state index contributed by atoms with van der Waals surface area (Å²) in [6, 6.07) is 11.2. The van der Waals surface area contributed by atoms with Gasteiger partial charge in [0.2, 0.25) is 10.0 Å². The van der Waals surface area contributed by atoms with E-state index in [1.807, 2.05) is 0 Å². The van der Waals surface area contributed by atoms with Crippen molar-refractivity contribution in [1.29, 1.82) is 0 Å². The van der Waals surface area contributed by atoms with Crippen LogP contribution in [0.15, 0.2) is 42.5 Å². The molecule has 0 aromatic heterocycles. The fourth-order valence-corrected chi connectivity index (χ4v) is 5.67. The largest absolute Gasteiger partial charge is 0.336 e. The van der Waals surface area contributed by atoms with Crippen LogP contribution in [0.1, 0.15) is 22.3 Å². The average Bonchev–Trinajstić information content (AvgIpc) is 3.09. The third-order valence-electron chi connectivity index (χ3n) is 5.57. The third-order valence-corrected chi connectivity index (χ3v) is 7.79. The van der Waals surface area contributed by atoms with Gasteiger partial charge in [0.05, 0.1) is 11.4 Å². The van der Waals surface area contributed by atoms with Crippen LogP contribution in [0.3, 0.4) is 0 Å². The minimum absolute atomic E-state index is 0.0645. The number of amides is 1. The van der Waals surface area contributed by atoms with Crippen molar-refractivity contribution in [2.75, 3.05) is 42.8 Å². The van der Waals surface area contributed by atoms with E-state index >= 15 is 0 Å². The predicted molar refractivity (Wildman–Crippen MR) is 115 cm³/mol. The Morgan fingerprint density at radius 3 is 2.30 bits per heavy atom. The molecular weight excluding hydrogens is 429 g/mol. The molecule has 4 rings (SSSR count). The standard InChI is InChI=1S/C21H23ClFN3O3S/c22-20-14-18(23)5-2-17(20)15-24-9-11-25(12-10-24)21(27)16-3-6-19(7-4-16)26-8-1-13-30(26,28)29/h2-7,14H,1,8-13,15H2. The van der Waals surface area contributed by atoms with Crippen LogP contribution in [-0.4, -0.2) is 62.6 Å². The summed E-state index contributed by atoms with van der Waals surface area (Å²) in [6.45, 7) is 3.66. The molecule has 0 bridgehead atoms. The Morgan fingerprint density at radius 1 is 1.00 bits per heavy atom. The lowest BCUT2D eigenvalue weighted by Gasteiger charge is -2.35. The molecule has 6 nitrogen and oxygen atoms in total. The number of carbonyl (C=O) groups excluding carboxylic acids is 1. The summed E-state index contributed by atoms with van der Waals surface area (Å²) in [6.07, 6.45) is 0.621. The van der Waals surface area contributed by atoms with E-state index in [2.05, 4.69) is 4.90 Å². The van der Waals surface area contributed by atoms with Gasteiger partial charge in [0.15, 0.2) is 0 Å². The lowest BCUT2D eigenvalue weighted by atomic mass is 10.1. The molecule has 0 atom stereocenters. The Balaban J connectivity index is 1.35. The lowest BCUT2D eigenvalue weighted by Crippen LogP contribution is -2.48. The molecule has 160 valence electrons. The zero-order valence-corrected chi connectivity index (χ0v) is 18.0. The molecule has 2 saturated heterocycles. The molecule has 2 heterocycles.